The van der Waals surface area contributed by atoms with Gasteiger partial charge in [-0.1, -0.05) is 99.5 Å². The van der Waals surface area contributed by atoms with Crippen molar-refractivity contribution in [2.75, 3.05) is 23.7 Å². The van der Waals surface area contributed by atoms with Crippen molar-refractivity contribution in [3.63, 3.8) is 0 Å². The SMILES string of the molecule is CCC/C=C/c1cccnc1C(=O)N1CCC[C@H]1C(=O)Nc1ccc(/C=C/c2ccc(NC(=O)[C@@H]3CCCN3C(=O)c3ncccc3/C=C/CCC)cc2)cc1. The Hall–Kier alpha value is -6.16. The van der Waals surface area contributed by atoms with Gasteiger partial charge in [-0.25, -0.2) is 0 Å². The van der Waals surface area contributed by atoms with Crippen LogP contribution in [0.15, 0.2) is 97.3 Å². The van der Waals surface area contributed by atoms with Gasteiger partial charge in [0.05, 0.1) is 0 Å². The Morgan fingerprint density at radius 2 is 1.02 bits per heavy atom. The van der Waals surface area contributed by atoms with Crippen LogP contribution in [-0.4, -0.2) is 68.6 Å². The Morgan fingerprint density at radius 3 is 1.41 bits per heavy atom. The molecule has 4 aromatic rings. The second-order valence-corrected chi connectivity index (χ2v) is 14.1. The molecule has 4 amide bonds. The number of anilines is 2. The maximum Gasteiger partial charge on any atom is 0.273 e. The molecule has 0 unspecified atom stereocenters. The van der Waals surface area contributed by atoms with Gasteiger partial charge in [0.25, 0.3) is 11.8 Å². The highest BCUT2D eigenvalue weighted by atomic mass is 16.2. The minimum absolute atomic E-state index is 0.213. The van der Waals surface area contributed by atoms with Gasteiger partial charge in [0.2, 0.25) is 11.8 Å². The lowest BCUT2D eigenvalue weighted by molar-refractivity contribution is -0.120. The van der Waals surface area contributed by atoms with Crippen LogP contribution in [0.25, 0.3) is 24.3 Å². The quantitative estimate of drug-likeness (QED) is 0.124. The first-order valence-corrected chi connectivity index (χ1v) is 19.7. The summed E-state index contributed by atoms with van der Waals surface area (Å²) in [4.78, 5) is 65.9. The third-order valence-corrected chi connectivity index (χ3v) is 10.0. The van der Waals surface area contributed by atoms with Gasteiger partial charge < -0.3 is 20.4 Å². The van der Waals surface area contributed by atoms with E-state index in [4.69, 9.17) is 0 Å². The van der Waals surface area contributed by atoms with Crippen LogP contribution in [0.1, 0.15) is 108 Å². The van der Waals surface area contributed by atoms with Crippen LogP contribution >= 0.6 is 0 Å². The van der Waals surface area contributed by atoms with Gasteiger partial charge in [-0.3, -0.25) is 29.1 Å². The zero-order valence-corrected chi connectivity index (χ0v) is 32.2. The van der Waals surface area contributed by atoms with Crippen molar-refractivity contribution in [2.24, 2.45) is 0 Å². The number of carbonyl (C=O) groups is 4. The molecule has 2 N–H and O–H groups in total. The van der Waals surface area contributed by atoms with E-state index in [9.17, 15) is 19.2 Å². The number of nitrogens with one attached hydrogen (secondary N) is 2. The van der Waals surface area contributed by atoms with E-state index >= 15 is 0 Å². The minimum atomic E-state index is -0.568. The first-order valence-electron chi connectivity index (χ1n) is 19.7. The average Bonchev–Trinajstić information content (AvgIpc) is 3.93. The molecular weight excluding hydrogens is 701 g/mol. The van der Waals surface area contributed by atoms with E-state index in [1.54, 1.807) is 22.2 Å². The predicted molar refractivity (Wildman–Crippen MR) is 224 cm³/mol. The number of aromatic nitrogens is 2. The van der Waals surface area contributed by atoms with Gasteiger partial charge in [-0.2, -0.15) is 0 Å². The van der Waals surface area contributed by atoms with Crippen molar-refractivity contribution in [3.05, 3.63) is 131 Å². The fourth-order valence-electron chi connectivity index (χ4n) is 7.05. The Balaban J connectivity index is 1.02. The molecule has 2 aromatic heterocycles. The van der Waals surface area contributed by atoms with Crippen LogP contribution in [-0.2, 0) is 9.59 Å². The van der Waals surface area contributed by atoms with E-state index in [1.165, 1.54) is 0 Å². The maximum absolute atomic E-state index is 13.5. The molecule has 2 fully saturated rings. The van der Waals surface area contributed by atoms with Crippen LogP contribution < -0.4 is 10.6 Å². The molecule has 2 saturated heterocycles. The predicted octanol–water partition coefficient (Wildman–Crippen LogP) is 8.76. The Kier molecular flexibility index (Phi) is 13.7. The molecule has 0 bridgehead atoms. The summed E-state index contributed by atoms with van der Waals surface area (Å²) in [6.45, 7) is 5.22. The summed E-state index contributed by atoms with van der Waals surface area (Å²) in [5.41, 5.74) is 5.44. The highest BCUT2D eigenvalue weighted by Gasteiger charge is 2.37. The van der Waals surface area contributed by atoms with Crippen molar-refractivity contribution >= 4 is 59.3 Å². The number of amides is 4. The summed E-state index contributed by atoms with van der Waals surface area (Å²) in [5, 5.41) is 5.99. The van der Waals surface area contributed by atoms with E-state index in [0.29, 0.717) is 48.7 Å². The maximum atomic E-state index is 13.5. The van der Waals surface area contributed by atoms with Gasteiger partial charge in [0.15, 0.2) is 0 Å². The van der Waals surface area contributed by atoms with Crippen LogP contribution in [0.4, 0.5) is 11.4 Å². The number of nitrogens with zero attached hydrogens (tertiary/aromatic N) is 4. The molecular formula is C46H50N6O4. The van der Waals surface area contributed by atoms with E-state index < -0.39 is 12.1 Å². The van der Waals surface area contributed by atoms with Crippen molar-refractivity contribution < 1.29 is 19.2 Å². The molecule has 2 aromatic carbocycles. The lowest BCUT2D eigenvalue weighted by atomic mass is 10.1. The van der Waals surface area contributed by atoms with Gasteiger partial charge in [0, 0.05) is 48.0 Å². The third kappa shape index (κ3) is 9.92. The highest BCUT2D eigenvalue weighted by molar-refractivity contribution is 6.03. The molecule has 56 heavy (non-hydrogen) atoms. The monoisotopic (exact) mass is 750 g/mol. The largest absolute Gasteiger partial charge is 0.325 e. The van der Waals surface area contributed by atoms with Crippen LogP contribution in [0.3, 0.4) is 0 Å². The zero-order valence-electron chi connectivity index (χ0n) is 32.2. The Morgan fingerprint density at radius 1 is 0.607 bits per heavy atom. The van der Waals surface area contributed by atoms with E-state index in [0.717, 1.165) is 60.8 Å². The van der Waals surface area contributed by atoms with Crippen LogP contribution in [0.2, 0.25) is 0 Å². The van der Waals surface area contributed by atoms with Crippen molar-refractivity contribution in [1.29, 1.82) is 0 Å². The normalized spacial score (nSPS) is 17.0. The summed E-state index contributed by atoms with van der Waals surface area (Å²) in [6, 6.07) is 21.3. The summed E-state index contributed by atoms with van der Waals surface area (Å²) in [5.74, 6) is -0.882. The first kappa shape index (κ1) is 39.5. The van der Waals surface area contributed by atoms with E-state index in [-0.39, 0.29) is 23.6 Å². The van der Waals surface area contributed by atoms with Gasteiger partial charge >= 0.3 is 0 Å². The number of allylic oxidation sites excluding steroid dienone is 2. The molecule has 6 rings (SSSR count). The third-order valence-electron chi connectivity index (χ3n) is 10.0. The van der Waals surface area contributed by atoms with Gasteiger partial charge in [-0.05, 0) is 86.1 Å². The molecule has 10 heteroatoms. The summed E-state index contributed by atoms with van der Waals surface area (Å²) >= 11 is 0. The molecule has 0 aliphatic carbocycles. The second kappa shape index (κ2) is 19.4. The highest BCUT2D eigenvalue weighted by Crippen LogP contribution is 2.25. The fourth-order valence-corrected chi connectivity index (χ4v) is 7.05. The number of pyridine rings is 2. The number of hydrogen-bond acceptors (Lipinski definition) is 6. The Bertz CT molecular complexity index is 1940. The number of hydrogen-bond donors (Lipinski definition) is 2. The van der Waals surface area contributed by atoms with Crippen molar-refractivity contribution in [2.45, 2.75) is 77.3 Å². The molecule has 2 aliphatic rings. The number of unbranched alkanes of at least 4 members (excludes halogenated alkanes) is 2. The van der Waals surface area contributed by atoms with Gasteiger partial charge in [-0.15, -0.1) is 0 Å². The molecule has 2 aliphatic heterocycles. The minimum Gasteiger partial charge on any atom is -0.325 e. The van der Waals surface area contributed by atoms with Crippen LogP contribution in [0.5, 0.6) is 0 Å². The number of benzene rings is 2. The standard InChI is InChI=1S/C46H50N6O4/c1-3-5-7-13-35-15-9-29-47-41(35)45(55)51-31-11-17-39(51)43(53)49-37-25-21-33(22-26-37)19-20-34-23-27-38(28-24-34)50-44(54)40-18-12-32-52(40)46(56)42-36(14-8-6-4-2)16-10-30-48-42/h7-10,13-16,19-30,39-40H,3-6,11-12,17-18,31-32H2,1-2H3,(H,49,53)(H,50,54)/b13-7+,14-8+,20-19+/t39-,40-/m0/s1. The molecule has 0 radical (unpaired) electrons. The zero-order chi connectivity index (χ0) is 39.3. The van der Waals surface area contributed by atoms with Gasteiger partial charge in [0.1, 0.15) is 23.5 Å². The average molecular weight is 751 g/mol. The molecule has 288 valence electrons. The van der Waals surface area contributed by atoms with E-state index in [1.807, 2.05) is 109 Å². The summed E-state index contributed by atoms with van der Waals surface area (Å²) in [6.07, 6.45) is 21.7. The van der Waals surface area contributed by atoms with Crippen molar-refractivity contribution in [1.82, 2.24) is 19.8 Å². The molecule has 10 nitrogen and oxygen atoms in total. The molecule has 2 atom stereocenters. The van der Waals surface area contributed by atoms with E-state index in [2.05, 4.69) is 34.4 Å². The lowest BCUT2D eigenvalue weighted by Crippen LogP contribution is -2.43. The second-order valence-electron chi connectivity index (χ2n) is 14.1. The Labute approximate surface area is 329 Å². The molecule has 4 heterocycles. The first-order chi connectivity index (χ1) is 27.4. The summed E-state index contributed by atoms with van der Waals surface area (Å²) in [7, 11) is 0. The van der Waals surface area contributed by atoms with Crippen LogP contribution in [0, 0.1) is 0 Å². The molecule has 0 saturated carbocycles. The number of rotatable bonds is 14. The number of carbonyl (C=O) groups excluding carboxylic acids is 4. The topological polar surface area (TPSA) is 125 Å². The number of likely N-dealkylation sites (tertiary alicyclic amines) is 2. The fraction of sp³-hybridized carbons (Fsp3) is 0.304. The smallest absolute Gasteiger partial charge is 0.273 e. The lowest BCUT2D eigenvalue weighted by Gasteiger charge is -2.24. The summed E-state index contributed by atoms with van der Waals surface area (Å²) < 4.78 is 0. The van der Waals surface area contributed by atoms with Crippen molar-refractivity contribution in [3.8, 4) is 0 Å². The molecule has 0 spiro atoms.